The van der Waals surface area contributed by atoms with Crippen LogP contribution in [0.4, 0.5) is 0 Å². The molecule has 0 saturated heterocycles. The van der Waals surface area contributed by atoms with Crippen LogP contribution in [0.1, 0.15) is 12.5 Å². The monoisotopic (exact) mass is 256 g/mol. The molecule has 1 aromatic carbocycles. The highest BCUT2D eigenvalue weighted by Gasteiger charge is 2.06. The summed E-state index contributed by atoms with van der Waals surface area (Å²) >= 11 is 0. The summed E-state index contributed by atoms with van der Waals surface area (Å²) in [6.45, 7) is 1.19. The maximum atomic E-state index is 10.7. The van der Waals surface area contributed by atoms with Gasteiger partial charge in [-0.05, 0) is 12.0 Å². The number of esters is 1. The second-order valence-electron chi connectivity index (χ2n) is 3.17. The molecule has 0 radical (unpaired) electrons. The summed E-state index contributed by atoms with van der Waals surface area (Å²) in [6.07, 6.45) is 1.88. The van der Waals surface area contributed by atoms with Gasteiger partial charge in [-0.2, -0.15) is 0 Å². The molecule has 6 heteroatoms. The number of allylic oxidation sites excluding steroid dienone is 1. The number of hydrogen-bond acceptors (Lipinski definition) is 4. The van der Waals surface area contributed by atoms with E-state index >= 15 is 0 Å². The molecule has 0 bridgehead atoms. The Morgan fingerprint density at radius 2 is 2.06 bits per heavy atom. The number of carbonyl (C=O) groups excluding carboxylic acids is 1. The Balaban J connectivity index is 2.68. The van der Waals surface area contributed by atoms with E-state index < -0.39 is 14.2 Å². The predicted octanol–water partition coefficient (Wildman–Crippen LogP) is 2.03. The maximum Gasteiger partial charge on any atom is 0.367 e. The molecule has 1 rings (SSSR count). The van der Waals surface area contributed by atoms with Crippen molar-refractivity contribution in [3.8, 4) is 0 Å². The molecular formula is C11H13O5P. The molecule has 5 nitrogen and oxygen atoms in total. The average molecular weight is 256 g/mol. The van der Waals surface area contributed by atoms with Gasteiger partial charge in [0.25, 0.3) is 5.95 Å². The number of benzene rings is 1. The molecule has 0 aromatic heterocycles. The smallest absolute Gasteiger partial charge is 0.367 e. The highest BCUT2D eigenvalue weighted by Crippen LogP contribution is 2.21. The van der Waals surface area contributed by atoms with Crippen molar-refractivity contribution in [2.24, 2.45) is 0 Å². The van der Waals surface area contributed by atoms with Gasteiger partial charge >= 0.3 is 14.2 Å². The first-order valence-corrected chi connectivity index (χ1v) is 6.17. The predicted molar refractivity (Wildman–Crippen MR) is 62.3 cm³/mol. The molecule has 1 N–H and O–H groups in total. The zero-order chi connectivity index (χ0) is 12.7. The van der Waals surface area contributed by atoms with Crippen molar-refractivity contribution in [3.05, 3.63) is 47.9 Å². The van der Waals surface area contributed by atoms with Gasteiger partial charge < -0.3 is 14.2 Å². The minimum absolute atomic E-state index is 0.243. The highest BCUT2D eigenvalue weighted by atomic mass is 31.1. The zero-order valence-electron chi connectivity index (χ0n) is 9.25. The van der Waals surface area contributed by atoms with Crippen LogP contribution >= 0.6 is 8.25 Å². The Kier molecular flexibility index (Phi) is 5.46. The van der Waals surface area contributed by atoms with Crippen molar-refractivity contribution in [2.45, 2.75) is 13.3 Å². The largest absolute Gasteiger partial charge is 0.393 e. The molecule has 0 fully saturated rings. The molecule has 1 unspecified atom stereocenters. The van der Waals surface area contributed by atoms with Crippen molar-refractivity contribution >= 4 is 14.2 Å². The van der Waals surface area contributed by atoms with Gasteiger partial charge in [0, 0.05) is 13.0 Å². The summed E-state index contributed by atoms with van der Waals surface area (Å²) in [7, 11) is -3.18. The van der Waals surface area contributed by atoms with Crippen LogP contribution in [0.15, 0.2) is 42.4 Å². The lowest BCUT2D eigenvalue weighted by atomic mass is 10.1. The third-order valence-electron chi connectivity index (χ3n) is 1.78. The fourth-order valence-electron chi connectivity index (χ4n) is 1.15. The quantitative estimate of drug-likeness (QED) is 0.495. The lowest BCUT2D eigenvalue weighted by Gasteiger charge is -2.06. The third kappa shape index (κ3) is 5.90. The molecule has 17 heavy (non-hydrogen) atoms. The first-order valence-electron chi connectivity index (χ1n) is 4.91. The Hall–Kier alpha value is -1.58. The van der Waals surface area contributed by atoms with E-state index in [4.69, 9.17) is 4.89 Å². The Labute approximate surface area is 99.6 Å². The minimum Gasteiger partial charge on any atom is -0.393 e. The first-order chi connectivity index (χ1) is 8.08. The topological polar surface area (TPSA) is 72.8 Å². The van der Waals surface area contributed by atoms with Crippen molar-refractivity contribution in [3.63, 3.8) is 0 Å². The van der Waals surface area contributed by atoms with E-state index in [0.29, 0.717) is 6.42 Å². The maximum absolute atomic E-state index is 10.7. The number of hydrogen-bond donors (Lipinski definition) is 1. The molecule has 0 aliphatic rings. The van der Waals surface area contributed by atoms with Gasteiger partial charge in [-0.15, -0.1) is 0 Å². The molecule has 1 atom stereocenters. The number of carbonyl (C=O) groups is 1. The van der Waals surface area contributed by atoms with Crippen LogP contribution in [0.3, 0.4) is 0 Å². The summed E-state index contributed by atoms with van der Waals surface area (Å²) in [5, 5.41) is 0. The molecule has 0 heterocycles. The van der Waals surface area contributed by atoms with Crippen molar-refractivity contribution in [1.82, 2.24) is 0 Å². The summed E-state index contributed by atoms with van der Waals surface area (Å²) in [5.41, 5.74) is 0.971. The fourth-order valence-corrected chi connectivity index (χ4v) is 1.44. The van der Waals surface area contributed by atoms with Crippen LogP contribution in [-0.4, -0.2) is 10.9 Å². The normalized spacial score (nSPS) is 12.9. The Bertz CT molecular complexity index is 409. The SMILES string of the molecule is CC(=O)OC(=CCc1ccccc1)O[PH](=O)O. The van der Waals surface area contributed by atoms with Crippen LogP contribution in [0.2, 0.25) is 0 Å². The van der Waals surface area contributed by atoms with Gasteiger partial charge in [-0.1, -0.05) is 30.3 Å². The van der Waals surface area contributed by atoms with Gasteiger partial charge in [0.15, 0.2) is 0 Å². The second-order valence-corrected chi connectivity index (χ2v) is 3.91. The standard InChI is InChI=1S/C11H13O5P/c1-9(12)15-11(16-17(13)14)8-7-10-5-3-2-4-6-10/h2-6,8,17H,7H2,1H3,(H,13,14). The van der Waals surface area contributed by atoms with Gasteiger partial charge in [-0.25, -0.2) is 4.57 Å². The lowest BCUT2D eigenvalue weighted by Crippen LogP contribution is -2.00. The van der Waals surface area contributed by atoms with Gasteiger partial charge in [0.2, 0.25) is 0 Å². The van der Waals surface area contributed by atoms with E-state index in [1.54, 1.807) is 0 Å². The van der Waals surface area contributed by atoms with E-state index in [9.17, 15) is 9.36 Å². The van der Waals surface area contributed by atoms with Crippen LogP contribution in [0.5, 0.6) is 0 Å². The Morgan fingerprint density at radius 3 is 2.59 bits per heavy atom. The third-order valence-corrected chi connectivity index (χ3v) is 2.16. The molecular weight excluding hydrogens is 243 g/mol. The highest BCUT2D eigenvalue weighted by molar-refractivity contribution is 7.32. The van der Waals surface area contributed by atoms with Crippen LogP contribution in [0, 0.1) is 0 Å². The van der Waals surface area contributed by atoms with Crippen molar-refractivity contribution < 1.29 is 23.5 Å². The summed E-state index contributed by atoms with van der Waals surface area (Å²) in [5.74, 6) is -0.847. The van der Waals surface area contributed by atoms with Gasteiger partial charge in [0.05, 0.1) is 0 Å². The summed E-state index contributed by atoms with van der Waals surface area (Å²) in [4.78, 5) is 19.4. The molecule has 0 amide bonds. The van der Waals surface area contributed by atoms with Crippen LogP contribution in [-0.2, 0) is 25.0 Å². The first kappa shape index (κ1) is 13.5. The van der Waals surface area contributed by atoms with E-state index in [1.165, 1.54) is 13.0 Å². The van der Waals surface area contributed by atoms with Gasteiger partial charge in [-0.3, -0.25) is 4.79 Å². The number of rotatable bonds is 5. The molecule has 0 saturated carbocycles. The fraction of sp³-hybridized carbons (Fsp3) is 0.182. The van der Waals surface area contributed by atoms with E-state index in [0.717, 1.165) is 5.56 Å². The Morgan fingerprint density at radius 1 is 1.41 bits per heavy atom. The van der Waals surface area contributed by atoms with Gasteiger partial charge in [0.1, 0.15) is 0 Å². The second kappa shape index (κ2) is 6.89. The van der Waals surface area contributed by atoms with E-state index in [2.05, 4.69) is 9.26 Å². The number of ether oxygens (including phenoxy) is 1. The summed E-state index contributed by atoms with van der Waals surface area (Å²) < 4.78 is 19.7. The van der Waals surface area contributed by atoms with E-state index in [1.807, 2.05) is 30.3 Å². The molecule has 1 aromatic rings. The van der Waals surface area contributed by atoms with E-state index in [-0.39, 0.29) is 5.95 Å². The lowest BCUT2D eigenvalue weighted by molar-refractivity contribution is -0.140. The average Bonchev–Trinajstić information content (AvgIpc) is 2.26. The zero-order valence-corrected chi connectivity index (χ0v) is 10.3. The van der Waals surface area contributed by atoms with Crippen molar-refractivity contribution in [1.29, 1.82) is 0 Å². The summed E-state index contributed by atoms with van der Waals surface area (Å²) in [6, 6.07) is 9.37. The minimum atomic E-state index is -3.18. The molecule has 0 spiro atoms. The van der Waals surface area contributed by atoms with Crippen LogP contribution < -0.4 is 0 Å². The molecule has 0 aliphatic carbocycles. The van der Waals surface area contributed by atoms with Crippen molar-refractivity contribution in [2.75, 3.05) is 0 Å². The van der Waals surface area contributed by atoms with Crippen LogP contribution in [0.25, 0.3) is 0 Å². The molecule has 92 valence electrons. The molecule has 0 aliphatic heterocycles.